The van der Waals surface area contributed by atoms with Crippen LogP contribution in [0.4, 0.5) is 10.1 Å². The fourth-order valence-electron chi connectivity index (χ4n) is 1.44. The van der Waals surface area contributed by atoms with Crippen molar-refractivity contribution >= 4 is 29.3 Å². The van der Waals surface area contributed by atoms with Crippen LogP contribution in [-0.4, -0.2) is 28.5 Å². The Morgan fingerprint density at radius 1 is 1.42 bits per heavy atom. The first kappa shape index (κ1) is 15.5. The molecular formula is C13H16FNO3S. The molecule has 0 aliphatic heterocycles. The first-order chi connectivity index (χ1) is 9.06. The Kier molecular flexibility index (Phi) is 6.35. The Bertz CT molecular complexity index is 465. The van der Waals surface area contributed by atoms with Crippen molar-refractivity contribution in [3.05, 3.63) is 29.6 Å². The van der Waals surface area contributed by atoms with Crippen LogP contribution in [0.2, 0.25) is 0 Å². The highest BCUT2D eigenvalue weighted by Crippen LogP contribution is 2.19. The molecule has 1 aromatic carbocycles. The van der Waals surface area contributed by atoms with E-state index >= 15 is 0 Å². The third-order valence-corrected chi connectivity index (χ3v) is 3.42. The first-order valence-corrected chi connectivity index (χ1v) is 7.11. The maximum absolute atomic E-state index is 13.4. The van der Waals surface area contributed by atoms with Gasteiger partial charge in [-0.15, -0.1) is 0 Å². The molecule has 0 aliphatic carbocycles. The highest BCUT2D eigenvalue weighted by atomic mass is 32.2. The average Bonchev–Trinajstić information content (AvgIpc) is 2.34. The van der Waals surface area contributed by atoms with E-state index in [1.165, 1.54) is 23.9 Å². The van der Waals surface area contributed by atoms with Gasteiger partial charge in [0.15, 0.2) is 0 Å². The van der Waals surface area contributed by atoms with E-state index in [1.807, 2.05) is 0 Å². The maximum atomic E-state index is 13.4. The van der Waals surface area contributed by atoms with E-state index in [-0.39, 0.29) is 17.3 Å². The number of carboxylic acid groups (broad SMARTS) is 1. The molecule has 0 saturated heterocycles. The minimum absolute atomic E-state index is 0.00593. The van der Waals surface area contributed by atoms with E-state index in [1.54, 1.807) is 0 Å². The number of amides is 1. The molecule has 0 atom stereocenters. The van der Waals surface area contributed by atoms with Gasteiger partial charge in [-0.1, -0.05) is 19.4 Å². The number of nitrogens with one attached hydrogen (secondary N) is 1. The summed E-state index contributed by atoms with van der Waals surface area (Å²) in [6.45, 7) is 2.06. The highest BCUT2D eigenvalue weighted by Gasteiger charge is 2.17. The van der Waals surface area contributed by atoms with Crippen LogP contribution in [0.1, 0.15) is 30.1 Å². The minimum atomic E-state index is -1.40. The van der Waals surface area contributed by atoms with Gasteiger partial charge in [0.2, 0.25) is 5.91 Å². The molecule has 0 saturated carbocycles. The molecule has 1 rings (SSSR count). The number of carbonyl (C=O) groups is 2. The summed E-state index contributed by atoms with van der Waals surface area (Å²) in [5.41, 5.74) is -0.511. The summed E-state index contributed by atoms with van der Waals surface area (Å²) < 4.78 is 13.4. The molecule has 0 radical (unpaired) electrons. The van der Waals surface area contributed by atoms with Gasteiger partial charge in [0.05, 0.1) is 11.4 Å². The zero-order valence-corrected chi connectivity index (χ0v) is 11.4. The molecule has 2 N–H and O–H groups in total. The number of carbonyl (C=O) groups excluding carboxylic acids is 1. The fourth-order valence-corrected chi connectivity index (χ4v) is 2.34. The van der Waals surface area contributed by atoms with Gasteiger partial charge in [0.25, 0.3) is 0 Å². The van der Waals surface area contributed by atoms with Gasteiger partial charge in [-0.25, -0.2) is 9.18 Å². The Morgan fingerprint density at radius 3 is 2.79 bits per heavy atom. The molecule has 0 spiro atoms. The Hall–Kier alpha value is -1.56. The molecule has 4 nitrogen and oxygen atoms in total. The molecule has 0 unspecified atom stereocenters. The third-order valence-electron chi connectivity index (χ3n) is 2.38. The number of benzene rings is 1. The van der Waals surface area contributed by atoms with Gasteiger partial charge in [0, 0.05) is 0 Å². The van der Waals surface area contributed by atoms with Crippen molar-refractivity contribution < 1.29 is 19.1 Å². The largest absolute Gasteiger partial charge is 0.478 e. The number of halogens is 1. The smallest absolute Gasteiger partial charge is 0.340 e. The Labute approximate surface area is 115 Å². The average molecular weight is 285 g/mol. The van der Waals surface area contributed by atoms with E-state index in [9.17, 15) is 14.0 Å². The summed E-state index contributed by atoms with van der Waals surface area (Å²) >= 11 is 1.47. The molecule has 1 amide bonds. The highest BCUT2D eigenvalue weighted by molar-refractivity contribution is 7.99. The quantitative estimate of drug-likeness (QED) is 0.756. The normalized spacial score (nSPS) is 10.2. The fraction of sp³-hybridized carbons (Fsp3) is 0.385. The van der Waals surface area contributed by atoms with Gasteiger partial charge in [0.1, 0.15) is 11.4 Å². The monoisotopic (exact) mass is 285 g/mol. The van der Waals surface area contributed by atoms with E-state index in [4.69, 9.17) is 5.11 Å². The van der Waals surface area contributed by atoms with E-state index < -0.39 is 17.3 Å². The molecular weight excluding hydrogens is 269 g/mol. The number of thioether (sulfide) groups is 1. The summed E-state index contributed by atoms with van der Waals surface area (Å²) in [6, 6.07) is 3.79. The molecule has 19 heavy (non-hydrogen) atoms. The van der Waals surface area contributed by atoms with E-state index in [0.29, 0.717) is 0 Å². The number of rotatable bonds is 7. The lowest BCUT2D eigenvalue weighted by Gasteiger charge is -2.08. The molecule has 0 heterocycles. The summed E-state index contributed by atoms with van der Waals surface area (Å²) in [4.78, 5) is 22.5. The van der Waals surface area contributed by atoms with Crippen molar-refractivity contribution in [2.45, 2.75) is 19.8 Å². The van der Waals surface area contributed by atoms with Gasteiger partial charge < -0.3 is 10.4 Å². The number of hydrogen-bond donors (Lipinski definition) is 2. The predicted octanol–water partition coefficient (Wildman–Crippen LogP) is 3.00. The molecule has 1 aromatic rings. The lowest BCUT2D eigenvalue weighted by Crippen LogP contribution is -2.17. The van der Waals surface area contributed by atoms with Crippen molar-refractivity contribution in [1.82, 2.24) is 0 Å². The van der Waals surface area contributed by atoms with Crippen LogP contribution >= 0.6 is 11.8 Å². The van der Waals surface area contributed by atoms with Crippen molar-refractivity contribution in [1.29, 1.82) is 0 Å². The van der Waals surface area contributed by atoms with Crippen molar-refractivity contribution in [3.8, 4) is 0 Å². The zero-order valence-electron chi connectivity index (χ0n) is 10.6. The van der Waals surface area contributed by atoms with E-state index in [2.05, 4.69) is 12.2 Å². The minimum Gasteiger partial charge on any atom is -0.478 e. The summed E-state index contributed by atoms with van der Waals surface area (Å²) in [7, 11) is 0. The van der Waals surface area contributed by atoms with Crippen molar-refractivity contribution in [2.24, 2.45) is 0 Å². The Morgan fingerprint density at radius 2 is 2.16 bits per heavy atom. The van der Waals surface area contributed by atoms with Crippen LogP contribution in [0.5, 0.6) is 0 Å². The number of aromatic carboxylic acids is 1. The number of anilines is 1. The molecule has 104 valence electrons. The number of carboxylic acids is 1. The predicted molar refractivity (Wildman–Crippen MR) is 74.2 cm³/mol. The van der Waals surface area contributed by atoms with Crippen LogP contribution in [0.25, 0.3) is 0 Å². The SMILES string of the molecule is CCCCSCC(=O)Nc1cccc(F)c1C(=O)O. The number of unbranched alkanes of at least 4 members (excludes halogenated alkanes) is 1. The van der Waals surface area contributed by atoms with Crippen LogP contribution in [-0.2, 0) is 4.79 Å². The van der Waals surface area contributed by atoms with Gasteiger partial charge in [-0.2, -0.15) is 11.8 Å². The molecule has 0 aliphatic rings. The van der Waals surface area contributed by atoms with Gasteiger partial charge in [-0.3, -0.25) is 4.79 Å². The molecule has 6 heteroatoms. The summed E-state index contributed by atoms with van der Waals surface area (Å²) in [5, 5.41) is 11.3. The van der Waals surface area contributed by atoms with Crippen molar-refractivity contribution in [2.75, 3.05) is 16.8 Å². The van der Waals surface area contributed by atoms with Gasteiger partial charge >= 0.3 is 5.97 Å². The molecule has 0 bridgehead atoms. The summed E-state index contributed by atoms with van der Waals surface area (Å²) in [6.07, 6.45) is 2.08. The second-order valence-corrected chi connectivity index (χ2v) is 5.03. The zero-order chi connectivity index (χ0) is 14.3. The van der Waals surface area contributed by atoms with Gasteiger partial charge in [-0.05, 0) is 24.3 Å². The number of hydrogen-bond acceptors (Lipinski definition) is 3. The van der Waals surface area contributed by atoms with Crippen LogP contribution in [0, 0.1) is 5.82 Å². The lowest BCUT2D eigenvalue weighted by atomic mass is 10.1. The Balaban J connectivity index is 2.64. The second-order valence-electron chi connectivity index (χ2n) is 3.92. The molecule has 0 aromatic heterocycles. The van der Waals surface area contributed by atoms with Crippen LogP contribution in [0.3, 0.4) is 0 Å². The first-order valence-electron chi connectivity index (χ1n) is 5.95. The van der Waals surface area contributed by atoms with Crippen molar-refractivity contribution in [3.63, 3.8) is 0 Å². The molecule has 0 fully saturated rings. The second kappa shape index (κ2) is 7.78. The standard InChI is InChI=1S/C13H16FNO3S/c1-2-3-7-19-8-11(16)15-10-6-4-5-9(14)12(10)13(17)18/h4-6H,2-3,7-8H2,1H3,(H,15,16)(H,17,18). The topological polar surface area (TPSA) is 66.4 Å². The van der Waals surface area contributed by atoms with Crippen LogP contribution < -0.4 is 5.32 Å². The lowest BCUT2D eigenvalue weighted by molar-refractivity contribution is -0.113. The third kappa shape index (κ3) is 4.90. The van der Waals surface area contributed by atoms with Crippen LogP contribution in [0.15, 0.2) is 18.2 Å². The summed E-state index contributed by atoms with van der Waals surface area (Å²) in [5.74, 6) is -1.47. The van der Waals surface area contributed by atoms with E-state index in [0.717, 1.165) is 24.7 Å². The maximum Gasteiger partial charge on any atom is 0.340 e.